The Bertz CT molecular complexity index is 812. The third-order valence-electron chi connectivity index (χ3n) is 6.64. The molecule has 174 valence electrons. The van der Waals surface area contributed by atoms with Crippen LogP contribution >= 0.6 is 0 Å². The Morgan fingerprint density at radius 3 is 2.29 bits per heavy atom. The monoisotopic (exact) mass is 449 g/mol. The number of piperidine rings is 2. The molecule has 0 radical (unpaired) electrons. The Labute approximate surface area is 188 Å². The zero-order valence-electron chi connectivity index (χ0n) is 19.3. The summed E-state index contributed by atoms with van der Waals surface area (Å²) in [5.41, 5.74) is 0.0924. The Morgan fingerprint density at radius 2 is 1.68 bits per heavy atom. The molecule has 0 unspecified atom stereocenters. The van der Waals surface area contributed by atoms with Crippen LogP contribution in [0.2, 0.25) is 0 Å². The molecule has 0 spiro atoms. The predicted molar refractivity (Wildman–Crippen MR) is 127 cm³/mol. The molecule has 2 N–H and O–H groups in total. The maximum absolute atomic E-state index is 12.8. The van der Waals surface area contributed by atoms with Crippen LogP contribution < -0.4 is 10.6 Å². The van der Waals surface area contributed by atoms with Gasteiger partial charge in [0.15, 0.2) is 5.96 Å². The van der Waals surface area contributed by atoms with E-state index in [2.05, 4.69) is 34.4 Å². The highest BCUT2D eigenvalue weighted by molar-refractivity contribution is 7.89. The Balaban J connectivity index is 1.43. The molecule has 2 aliphatic heterocycles. The summed E-state index contributed by atoms with van der Waals surface area (Å²) in [4.78, 5) is 7.34. The molecular weight excluding hydrogens is 410 g/mol. The summed E-state index contributed by atoms with van der Waals surface area (Å²) < 4.78 is 27.2. The van der Waals surface area contributed by atoms with Gasteiger partial charge in [0.25, 0.3) is 0 Å². The van der Waals surface area contributed by atoms with E-state index in [1.165, 1.54) is 32.4 Å². The average Bonchev–Trinajstić information content (AvgIpc) is 2.80. The van der Waals surface area contributed by atoms with Gasteiger partial charge >= 0.3 is 0 Å². The van der Waals surface area contributed by atoms with Gasteiger partial charge in [-0.15, -0.1) is 0 Å². The van der Waals surface area contributed by atoms with E-state index in [9.17, 15) is 8.42 Å². The van der Waals surface area contributed by atoms with Crippen LogP contribution in [0.1, 0.15) is 46.0 Å². The van der Waals surface area contributed by atoms with Crippen LogP contribution in [0.25, 0.3) is 0 Å². The summed E-state index contributed by atoms with van der Waals surface area (Å²) in [7, 11) is -1.58. The van der Waals surface area contributed by atoms with Crippen LogP contribution in [-0.4, -0.2) is 75.4 Å². The first kappa shape index (κ1) is 24.0. The van der Waals surface area contributed by atoms with Crippen molar-refractivity contribution in [2.24, 2.45) is 10.9 Å². The molecule has 2 saturated heterocycles. The quantitative estimate of drug-likeness (QED) is 0.494. The molecule has 0 saturated carbocycles. The number of likely N-dealkylation sites (tertiary alicyclic amines) is 1. The lowest BCUT2D eigenvalue weighted by Crippen LogP contribution is -2.55. The topological polar surface area (TPSA) is 77.0 Å². The van der Waals surface area contributed by atoms with Gasteiger partial charge in [-0.25, -0.2) is 8.42 Å². The number of sulfonamides is 1. The highest BCUT2D eigenvalue weighted by atomic mass is 32.2. The van der Waals surface area contributed by atoms with Crippen LogP contribution in [-0.2, 0) is 10.0 Å². The van der Waals surface area contributed by atoms with Crippen LogP contribution in [0.5, 0.6) is 0 Å². The second-order valence-electron chi connectivity index (χ2n) is 9.33. The lowest BCUT2D eigenvalue weighted by molar-refractivity contribution is 0.0982. The average molecular weight is 450 g/mol. The molecule has 31 heavy (non-hydrogen) atoms. The second kappa shape index (κ2) is 10.8. The highest BCUT2D eigenvalue weighted by Gasteiger charge is 2.30. The minimum absolute atomic E-state index is 0.0924. The van der Waals surface area contributed by atoms with E-state index in [0.29, 0.717) is 23.9 Å². The molecule has 0 bridgehead atoms. The van der Waals surface area contributed by atoms with Gasteiger partial charge in [0.05, 0.1) is 4.90 Å². The van der Waals surface area contributed by atoms with Crippen LogP contribution in [0.15, 0.2) is 40.2 Å². The van der Waals surface area contributed by atoms with E-state index in [0.717, 1.165) is 31.9 Å². The fraction of sp³-hybridized carbons (Fsp3) is 0.696. The number of hydrogen-bond acceptors (Lipinski definition) is 4. The minimum atomic E-state index is -3.38. The molecule has 0 aliphatic carbocycles. The van der Waals surface area contributed by atoms with Gasteiger partial charge in [-0.05, 0) is 70.7 Å². The van der Waals surface area contributed by atoms with E-state index in [1.807, 2.05) is 6.07 Å². The molecule has 2 heterocycles. The maximum atomic E-state index is 12.8. The summed E-state index contributed by atoms with van der Waals surface area (Å²) in [6.07, 6.45) is 5.63. The first-order chi connectivity index (χ1) is 14.8. The molecule has 2 fully saturated rings. The second-order valence-corrected chi connectivity index (χ2v) is 11.3. The van der Waals surface area contributed by atoms with Crippen molar-refractivity contribution >= 4 is 16.0 Å². The highest BCUT2D eigenvalue weighted by Crippen LogP contribution is 2.23. The van der Waals surface area contributed by atoms with Gasteiger partial charge < -0.3 is 10.6 Å². The maximum Gasteiger partial charge on any atom is 0.243 e. The molecular formula is C23H39N5O2S. The first-order valence-corrected chi connectivity index (χ1v) is 13.0. The number of benzene rings is 1. The van der Waals surface area contributed by atoms with Crippen molar-refractivity contribution < 1.29 is 8.42 Å². The smallest absolute Gasteiger partial charge is 0.243 e. The third kappa shape index (κ3) is 6.43. The van der Waals surface area contributed by atoms with Crippen molar-refractivity contribution in [1.29, 1.82) is 0 Å². The number of nitrogens with one attached hydrogen (secondary N) is 2. The Morgan fingerprint density at radius 1 is 1.03 bits per heavy atom. The Hall–Kier alpha value is -1.64. The van der Waals surface area contributed by atoms with Gasteiger partial charge in [-0.3, -0.25) is 9.89 Å². The standard InChI is InChI=1S/C23H39N5O2S/c1-23(2,27-14-8-5-9-15-27)19-26-22(24-3)25-18-20-12-16-28(17-13-20)31(29,30)21-10-6-4-7-11-21/h4,6-7,10-11,20H,5,8-9,12-19H2,1-3H3,(H2,24,25,26). The van der Waals surface area contributed by atoms with E-state index < -0.39 is 10.0 Å². The van der Waals surface area contributed by atoms with E-state index in [-0.39, 0.29) is 5.54 Å². The summed E-state index contributed by atoms with van der Waals surface area (Å²) in [5.74, 6) is 1.26. The Kier molecular flexibility index (Phi) is 8.36. The lowest BCUT2D eigenvalue weighted by Gasteiger charge is -2.41. The molecule has 0 aromatic heterocycles. The number of hydrogen-bond donors (Lipinski definition) is 2. The lowest BCUT2D eigenvalue weighted by atomic mass is 9.98. The van der Waals surface area contributed by atoms with E-state index >= 15 is 0 Å². The van der Waals surface area contributed by atoms with Crippen molar-refractivity contribution in [2.45, 2.75) is 56.4 Å². The third-order valence-corrected chi connectivity index (χ3v) is 8.55. The largest absolute Gasteiger partial charge is 0.356 e. The van der Waals surface area contributed by atoms with Crippen molar-refractivity contribution in [2.75, 3.05) is 46.3 Å². The molecule has 0 atom stereocenters. The first-order valence-electron chi connectivity index (χ1n) is 11.6. The van der Waals surface area contributed by atoms with Crippen molar-refractivity contribution in [3.8, 4) is 0 Å². The fourth-order valence-corrected chi connectivity index (χ4v) is 5.96. The summed E-state index contributed by atoms with van der Waals surface area (Å²) in [6.45, 7) is 9.72. The van der Waals surface area contributed by atoms with E-state index in [1.54, 1.807) is 35.6 Å². The van der Waals surface area contributed by atoms with E-state index in [4.69, 9.17) is 0 Å². The van der Waals surface area contributed by atoms with Gasteiger partial charge in [-0.1, -0.05) is 24.6 Å². The number of rotatable bonds is 7. The number of aliphatic imine (C=N–C) groups is 1. The zero-order chi connectivity index (χ0) is 22.3. The van der Waals surface area contributed by atoms with Crippen molar-refractivity contribution in [1.82, 2.24) is 19.8 Å². The molecule has 2 aliphatic rings. The van der Waals surface area contributed by atoms with Crippen LogP contribution in [0.3, 0.4) is 0 Å². The zero-order valence-corrected chi connectivity index (χ0v) is 20.1. The van der Waals surface area contributed by atoms with Gasteiger partial charge in [0.1, 0.15) is 0 Å². The predicted octanol–water partition coefficient (Wildman–Crippen LogP) is 2.52. The summed E-state index contributed by atoms with van der Waals surface area (Å²) >= 11 is 0. The molecule has 8 heteroatoms. The van der Waals surface area contributed by atoms with Gasteiger partial charge in [0.2, 0.25) is 10.0 Å². The van der Waals surface area contributed by atoms with Gasteiger partial charge in [0, 0.05) is 38.8 Å². The van der Waals surface area contributed by atoms with Crippen molar-refractivity contribution in [3.63, 3.8) is 0 Å². The normalized spacial score (nSPS) is 20.5. The van der Waals surface area contributed by atoms with Crippen molar-refractivity contribution in [3.05, 3.63) is 30.3 Å². The molecule has 1 aromatic rings. The summed E-state index contributed by atoms with van der Waals surface area (Å²) in [5, 5.41) is 6.94. The SMILES string of the molecule is CN=C(NCC1CCN(S(=O)(=O)c2ccccc2)CC1)NCC(C)(C)N1CCCCC1. The molecule has 0 amide bonds. The number of guanidine groups is 1. The van der Waals surface area contributed by atoms with Gasteiger partial charge in [-0.2, -0.15) is 4.31 Å². The molecule has 7 nitrogen and oxygen atoms in total. The van der Waals surface area contributed by atoms with Crippen LogP contribution in [0.4, 0.5) is 0 Å². The summed E-state index contributed by atoms with van der Waals surface area (Å²) in [6, 6.07) is 8.73. The number of nitrogens with zero attached hydrogens (tertiary/aromatic N) is 3. The fourth-order valence-electron chi connectivity index (χ4n) is 4.47. The van der Waals surface area contributed by atoms with Crippen LogP contribution in [0, 0.1) is 5.92 Å². The molecule has 1 aromatic carbocycles. The molecule has 3 rings (SSSR count). The minimum Gasteiger partial charge on any atom is -0.356 e.